The van der Waals surface area contributed by atoms with Crippen LogP contribution in [-0.2, 0) is 19.8 Å². The standard InChI is InChI=1S/C16H11Cl2F3N4O/c1-25-7-12(16(19,20)21)23-13(25)10-4-2-9(3-5-10)8-26-14-11(17)6-22-15(18)24-14/h2-7H,8H2,1H3. The number of benzene rings is 1. The number of aryl methyl sites for hydroxylation is 1. The smallest absolute Gasteiger partial charge is 0.434 e. The molecule has 0 fully saturated rings. The fraction of sp³-hybridized carbons (Fsp3) is 0.188. The Kier molecular flexibility index (Phi) is 5.06. The summed E-state index contributed by atoms with van der Waals surface area (Å²) in [5.74, 6) is 0.366. The van der Waals surface area contributed by atoms with E-state index in [0.29, 0.717) is 5.56 Å². The van der Waals surface area contributed by atoms with Crippen molar-refractivity contribution < 1.29 is 17.9 Å². The predicted octanol–water partition coefficient (Wildman–Crippen LogP) is 4.78. The first-order chi connectivity index (χ1) is 12.2. The lowest BCUT2D eigenvalue weighted by molar-refractivity contribution is -0.140. The normalized spacial score (nSPS) is 11.6. The summed E-state index contributed by atoms with van der Waals surface area (Å²) in [6.07, 6.45) is -2.20. The maximum atomic E-state index is 12.8. The molecule has 3 rings (SSSR count). The van der Waals surface area contributed by atoms with E-state index in [9.17, 15) is 13.2 Å². The monoisotopic (exact) mass is 402 g/mol. The number of hydrogen-bond acceptors (Lipinski definition) is 4. The highest BCUT2D eigenvalue weighted by molar-refractivity contribution is 6.32. The second-order valence-electron chi connectivity index (χ2n) is 5.34. The Balaban J connectivity index is 1.75. The van der Waals surface area contributed by atoms with Crippen molar-refractivity contribution in [1.29, 1.82) is 0 Å². The fourth-order valence-electron chi connectivity index (χ4n) is 2.21. The number of imidazole rings is 1. The third kappa shape index (κ3) is 4.08. The number of aromatic nitrogens is 4. The Hall–Kier alpha value is -2.32. The SMILES string of the molecule is Cn1cc(C(F)(F)F)nc1-c1ccc(COc2nc(Cl)ncc2Cl)cc1. The van der Waals surface area contributed by atoms with Crippen LogP contribution >= 0.6 is 23.2 Å². The van der Waals surface area contributed by atoms with Crippen molar-refractivity contribution in [3.05, 3.63) is 58.2 Å². The third-order valence-corrected chi connectivity index (χ3v) is 3.88. The van der Waals surface area contributed by atoms with Gasteiger partial charge in [0.1, 0.15) is 17.5 Å². The molecular formula is C16H11Cl2F3N4O. The molecule has 0 saturated heterocycles. The minimum Gasteiger partial charge on any atom is -0.472 e. The first kappa shape index (κ1) is 18.5. The molecule has 0 aliphatic heterocycles. The maximum absolute atomic E-state index is 12.8. The molecule has 0 aliphatic rings. The highest BCUT2D eigenvalue weighted by Gasteiger charge is 2.34. The van der Waals surface area contributed by atoms with E-state index in [2.05, 4.69) is 15.0 Å². The van der Waals surface area contributed by atoms with Crippen molar-refractivity contribution in [2.24, 2.45) is 7.05 Å². The van der Waals surface area contributed by atoms with Crippen LogP contribution < -0.4 is 4.74 Å². The molecule has 1 aromatic carbocycles. The van der Waals surface area contributed by atoms with E-state index in [1.807, 2.05) is 0 Å². The van der Waals surface area contributed by atoms with Crippen LogP contribution in [0.3, 0.4) is 0 Å². The number of alkyl halides is 3. The zero-order chi connectivity index (χ0) is 18.9. The van der Waals surface area contributed by atoms with Crippen molar-refractivity contribution in [3.63, 3.8) is 0 Å². The number of ether oxygens (including phenoxy) is 1. The molecule has 0 aliphatic carbocycles. The summed E-state index contributed by atoms with van der Waals surface area (Å²) < 4.78 is 45.1. The Morgan fingerprint density at radius 2 is 1.81 bits per heavy atom. The first-order valence-corrected chi connectivity index (χ1v) is 8.00. The van der Waals surface area contributed by atoms with E-state index in [4.69, 9.17) is 27.9 Å². The van der Waals surface area contributed by atoms with E-state index in [0.717, 1.165) is 11.8 Å². The van der Waals surface area contributed by atoms with Crippen molar-refractivity contribution in [3.8, 4) is 17.3 Å². The summed E-state index contributed by atoms with van der Waals surface area (Å²) in [6, 6.07) is 6.76. The molecule has 0 N–H and O–H groups in total. The van der Waals surface area contributed by atoms with Gasteiger partial charge in [0.15, 0.2) is 5.69 Å². The number of hydrogen-bond donors (Lipinski definition) is 0. The van der Waals surface area contributed by atoms with E-state index in [1.54, 1.807) is 24.3 Å². The molecule has 5 nitrogen and oxygen atoms in total. The molecule has 10 heteroatoms. The van der Waals surface area contributed by atoms with Gasteiger partial charge in [-0.25, -0.2) is 9.97 Å². The summed E-state index contributed by atoms with van der Waals surface area (Å²) in [5.41, 5.74) is 0.386. The summed E-state index contributed by atoms with van der Waals surface area (Å²) >= 11 is 11.6. The van der Waals surface area contributed by atoms with Gasteiger partial charge in [-0.2, -0.15) is 18.2 Å². The van der Waals surface area contributed by atoms with Crippen molar-refractivity contribution >= 4 is 23.2 Å². The molecule has 0 atom stereocenters. The third-order valence-electron chi connectivity index (χ3n) is 3.44. The van der Waals surface area contributed by atoms with Crippen LogP contribution in [0.2, 0.25) is 10.3 Å². The fourth-order valence-corrected chi connectivity index (χ4v) is 2.48. The van der Waals surface area contributed by atoms with Crippen LogP contribution in [0.5, 0.6) is 5.88 Å². The van der Waals surface area contributed by atoms with Crippen LogP contribution in [0.15, 0.2) is 36.7 Å². The number of nitrogens with zero attached hydrogens (tertiary/aromatic N) is 4. The largest absolute Gasteiger partial charge is 0.472 e. The van der Waals surface area contributed by atoms with Crippen LogP contribution in [0.25, 0.3) is 11.4 Å². The Bertz CT molecular complexity index is 926. The average molecular weight is 403 g/mol. The summed E-state index contributed by atoms with van der Waals surface area (Å²) in [4.78, 5) is 11.2. The van der Waals surface area contributed by atoms with Gasteiger partial charge in [-0.15, -0.1) is 0 Å². The quantitative estimate of drug-likeness (QED) is 0.589. The molecule has 3 aromatic rings. The highest BCUT2D eigenvalue weighted by atomic mass is 35.5. The molecule has 0 unspecified atom stereocenters. The molecule has 0 bridgehead atoms. The van der Waals surface area contributed by atoms with Gasteiger partial charge in [0.2, 0.25) is 11.2 Å². The molecule has 2 aromatic heterocycles. The lowest BCUT2D eigenvalue weighted by Crippen LogP contribution is -2.04. The van der Waals surface area contributed by atoms with Crippen LogP contribution in [0, 0.1) is 0 Å². The minimum absolute atomic E-state index is 0.00926. The molecule has 2 heterocycles. The van der Waals surface area contributed by atoms with Gasteiger partial charge in [-0.1, -0.05) is 35.9 Å². The van der Waals surface area contributed by atoms with Gasteiger partial charge in [-0.3, -0.25) is 0 Å². The van der Waals surface area contributed by atoms with Gasteiger partial charge < -0.3 is 9.30 Å². The topological polar surface area (TPSA) is 52.8 Å². The first-order valence-electron chi connectivity index (χ1n) is 7.25. The molecule has 26 heavy (non-hydrogen) atoms. The van der Waals surface area contributed by atoms with Crippen molar-refractivity contribution in [2.75, 3.05) is 0 Å². The Morgan fingerprint density at radius 1 is 1.12 bits per heavy atom. The molecule has 0 radical (unpaired) electrons. The maximum Gasteiger partial charge on any atom is 0.434 e. The van der Waals surface area contributed by atoms with Crippen molar-refractivity contribution in [2.45, 2.75) is 12.8 Å². The van der Waals surface area contributed by atoms with Gasteiger partial charge in [0.25, 0.3) is 0 Å². The molecular weight excluding hydrogens is 392 g/mol. The van der Waals surface area contributed by atoms with Crippen LogP contribution in [-0.4, -0.2) is 19.5 Å². The lowest BCUT2D eigenvalue weighted by atomic mass is 10.1. The van der Waals surface area contributed by atoms with E-state index >= 15 is 0 Å². The lowest BCUT2D eigenvalue weighted by Gasteiger charge is -2.08. The van der Waals surface area contributed by atoms with E-state index in [-0.39, 0.29) is 28.6 Å². The number of halogens is 5. The zero-order valence-electron chi connectivity index (χ0n) is 13.3. The van der Waals surface area contributed by atoms with Gasteiger partial charge in [0, 0.05) is 18.8 Å². The van der Waals surface area contributed by atoms with Crippen LogP contribution in [0.4, 0.5) is 13.2 Å². The predicted molar refractivity (Wildman–Crippen MR) is 90.0 cm³/mol. The molecule has 136 valence electrons. The zero-order valence-corrected chi connectivity index (χ0v) is 14.8. The van der Waals surface area contributed by atoms with Gasteiger partial charge in [0.05, 0.1) is 6.20 Å². The van der Waals surface area contributed by atoms with E-state index in [1.165, 1.54) is 17.8 Å². The number of rotatable bonds is 4. The minimum atomic E-state index is -4.48. The van der Waals surface area contributed by atoms with Crippen LogP contribution in [0.1, 0.15) is 11.3 Å². The Morgan fingerprint density at radius 3 is 2.42 bits per heavy atom. The second-order valence-corrected chi connectivity index (χ2v) is 6.08. The summed E-state index contributed by atoms with van der Waals surface area (Å²) in [6.45, 7) is 0.154. The molecule has 0 spiro atoms. The summed E-state index contributed by atoms with van der Waals surface area (Å²) in [5, 5.41) is 0.230. The highest BCUT2D eigenvalue weighted by Crippen LogP contribution is 2.30. The van der Waals surface area contributed by atoms with E-state index < -0.39 is 11.9 Å². The molecule has 0 saturated carbocycles. The average Bonchev–Trinajstić information content (AvgIpc) is 2.98. The molecule has 0 amide bonds. The van der Waals surface area contributed by atoms with Crippen molar-refractivity contribution in [1.82, 2.24) is 19.5 Å². The summed E-state index contributed by atoms with van der Waals surface area (Å²) in [7, 11) is 1.51. The van der Waals surface area contributed by atoms with Gasteiger partial charge in [-0.05, 0) is 17.2 Å². The van der Waals surface area contributed by atoms with Gasteiger partial charge >= 0.3 is 6.18 Å². The Labute approximate surface area is 156 Å². The second kappa shape index (κ2) is 7.13.